The molecule has 1 fully saturated rings. The van der Waals surface area contributed by atoms with E-state index in [4.69, 9.17) is 0 Å². The first-order chi connectivity index (χ1) is 6.77. The lowest BCUT2D eigenvalue weighted by Crippen LogP contribution is -2.12. The van der Waals surface area contributed by atoms with Crippen molar-refractivity contribution >= 4 is 0 Å². The van der Waals surface area contributed by atoms with Gasteiger partial charge < -0.3 is 5.32 Å². The number of hydrogen-bond donors (Lipinski definition) is 1. The molecule has 1 saturated heterocycles. The van der Waals surface area contributed by atoms with Crippen LogP contribution in [0.5, 0.6) is 0 Å². The summed E-state index contributed by atoms with van der Waals surface area (Å²) < 4.78 is 0. The van der Waals surface area contributed by atoms with Crippen LogP contribution in [0.1, 0.15) is 35.4 Å². The van der Waals surface area contributed by atoms with Crippen LogP contribution in [0.4, 0.5) is 0 Å². The summed E-state index contributed by atoms with van der Waals surface area (Å²) in [6, 6.07) is 6.99. The molecule has 1 heteroatoms. The van der Waals surface area contributed by atoms with Crippen LogP contribution in [0.3, 0.4) is 0 Å². The summed E-state index contributed by atoms with van der Waals surface area (Å²) in [6.07, 6.45) is 0. The summed E-state index contributed by atoms with van der Waals surface area (Å²) in [7, 11) is 0. The lowest BCUT2D eigenvalue weighted by molar-refractivity contribution is 0.487. The van der Waals surface area contributed by atoms with E-state index >= 15 is 0 Å². The molecule has 0 bridgehead atoms. The Morgan fingerprint density at radius 2 is 2.07 bits per heavy atom. The van der Waals surface area contributed by atoms with Crippen LogP contribution >= 0.6 is 0 Å². The van der Waals surface area contributed by atoms with E-state index in [1.54, 1.807) is 11.1 Å². The van der Waals surface area contributed by atoms with Crippen molar-refractivity contribution in [1.82, 2.24) is 5.32 Å². The molecule has 1 nitrogen and oxygen atoms in total. The largest absolute Gasteiger partial charge is 0.316 e. The number of aryl methyl sites for hydroxylation is 1. The molecule has 3 atom stereocenters. The average molecular weight is 187 g/mol. The van der Waals surface area contributed by atoms with E-state index in [1.165, 1.54) is 18.7 Å². The van der Waals surface area contributed by atoms with E-state index < -0.39 is 0 Å². The van der Waals surface area contributed by atoms with Crippen molar-refractivity contribution in [3.8, 4) is 0 Å². The molecule has 2 aliphatic rings. The smallest absolute Gasteiger partial charge is 0.00237 e. The topological polar surface area (TPSA) is 12.0 Å². The van der Waals surface area contributed by atoms with Gasteiger partial charge in [-0.15, -0.1) is 0 Å². The Kier molecular flexibility index (Phi) is 1.72. The SMILES string of the molecule is Cc1ccc2c(c1)C(C)[C@@H]1CNC[C@H]21. The molecule has 0 amide bonds. The van der Waals surface area contributed by atoms with Gasteiger partial charge in [-0.2, -0.15) is 0 Å². The Balaban J connectivity index is 2.13. The highest BCUT2D eigenvalue weighted by molar-refractivity contribution is 5.43. The van der Waals surface area contributed by atoms with Gasteiger partial charge in [-0.25, -0.2) is 0 Å². The summed E-state index contributed by atoms with van der Waals surface area (Å²) in [5, 5.41) is 3.51. The Morgan fingerprint density at radius 1 is 1.21 bits per heavy atom. The quantitative estimate of drug-likeness (QED) is 0.657. The molecule has 3 rings (SSSR count). The first kappa shape index (κ1) is 8.49. The fraction of sp³-hybridized carbons (Fsp3) is 0.538. The van der Waals surface area contributed by atoms with Gasteiger partial charge in [-0.3, -0.25) is 0 Å². The highest BCUT2D eigenvalue weighted by Gasteiger charge is 2.40. The van der Waals surface area contributed by atoms with Crippen molar-refractivity contribution in [1.29, 1.82) is 0 Å². The fourth-order valence-electron chi connectivity index (χ4n) is 3.22. The van der Waals surface area contributed by atoms with Gasteiger partial charge in [0.25, 0.3) is 0 Å². The van der Waals surface area contributed by atoms with Crippen molar-refractivity contribution < 1.29 is 0 Å². The molecule has 0 radical (unpaired) electrons. The Morgan fingerprint density at radius 3 is 2.93 bits per heavy atom. The summed E-state index contributed by atoms with van der Waals surface area (Å²) in [4.78, 5) is 0. The van der Waals surface area contributed by atoms with Crippen LogP contribution in [-0.4, -0.2) is 13.1 Å². The van der Waals surface area contributed by atoms with Gasteiger partial charge in [-0.1, -0.05) is 30.7 Å². The molecule has 1 heterocycles. The lowest BCUT2D eigenvalue weighted by atomic mass is 9.91. The summed E-state index contributed by atoms with van der Waals surface area (Å²) >= 11 is 0. The molecule has 1 N–H and O–H groups in total. The third-order valence-corrected chi connectivity index (χ3v) is 4.04. The van der Waals surface area contributed by atoms with Crippen molar-refractivity contribution in [2.45, 2.75) is 25.7 Å². The number of hydrogen-bond acceptors (Lipinski definition) is 1. The lowest BCUT2D eigenvalue weighted by Gasteiger charge is -2.12. The normalized spacial score (nSPS) is 34.3. The summed E-state index contributed by atoms with van der Waals surface area (Å²) in [5.41, 5.74) is 4.63. The molecule has 1 aliphatic carbocycles. The third kappa shape index (κ3) is 0.992. The molecule has 0 spiro atoms. The zero-order valence-electron chi connectivity index (χ0n) is 8.88. The first-order valence-electron chi connectivity index (χ1n) is 5.58. The minimum atomic E-state index is 0.755. The minimum absolute atomic E-state index is 0.755. The molecular weight excluding hydrogens is 170 g/mol. The van der Waals surface area contributed by atoms with Crippen molar-refractivity contribution in [2.24, 2.45) is 5.92 Å². The molecule has 1 aliphatic heterocycles. The monoisotopic (exact) mass is 187 g/mol. The predicted octanol–water partition coefficient (Wildman–Crippen LogP) is 2.42. The van der Waals surface area contributed by atoms with E-state index in [0.717, 1.165) is 17.8 Å². The average Bonchev–Trinajstić information content (AvgIpc) is 2.72. The van der Waals surface area contributed by atoms with E-state index in [1.807, 2.05) is 0 Å². The third-order valence-electron chi connectivity index (χ3n) is 4.04. The number of rotatable bonds is 0. The Hall–Kier alpha value is -0.820. The maximum Gasteiger partial charge on any atom is 0.00237 e. The van der Waals surface area contributed by atoms with Gasteiger partial charge in [-0.05, 0) is 36.4 Å². The molecule has 0 saturated carbocycles. The van der Waals surface area contributed by atoms with E-state index in [-0.39, 0.29) is 0 Å². The van der Waals surface area contributed by atoms with E-state index in [9.17, 15) is 0 Å². The molecule has 1 aromatic rings. The maximum absolute atomic E-state index is 3.51. The van der Waals surface area contributed by atoms with Crippen LogP contribution in [-0.2, 0) is 0 Å². The van der Waals surface area contributed by atoms with Gasteiger partial charge >= 0.3 is 0 Å². The van der Waals surface area contributed by atoms with Crippen LogP contribution in [0, 0.1) is 12.8 Å². The van der Waals surface area contributed by atoms with Crippen LogP contribution < -0.4 is 5.32 Å². The Labute approximate surface area is 85.5 Å². The number of fused-ring (bicyclic) bond motifs is 3. The van der Waals surface area contributed by atoms with Crippen LogP contribution in [0.15, 0.2) is 18.2 Å². The molecule has 74 valence electrons. The maximum atomic E-state index is 3.51. The van der Waals surface area contributed by atoms with Crippen molar-refractivity contribution in [3.63, 3.8) is 0 Å². The Bertz CT molecular complexity index is 369. The highest BCUT2D eigenvalue weighted by atomic mass is 14.9. The summed E-state index contributed by atoms with van der Waals surface area (Å²) in [6.45, 7) is 6.97. The minimum Gasteiger partial charge on any atom is -0.316 e. The second-order valence-corrected chi connectivity index (χ2v) is 4.85. The van der Waals surface area contributed by atoms with Crippen LogP contribution in [0.2, 0.25) is 0 Å². The second kappa shape index (κ2) is 2.83. The van der Waals surface area contributed by atoms with Gasteiger partial charge in [0.2, 0.25) is 0 Å². The van der Waals surface area contributed by atoms with Gasteiger partial charge in [0, 0.05) is 12.5 Å². The molecular formula is C13H17N. The van der Waals surface area contributed by atoms with Crippen molar-refractivity contribution in [3.05, 3.63) is 34.9 Å². The van der Waals surface area contributed by atoms with Crippen molar-refractivity contribution in [2.75, 3.05) is 13.1 Å². The highest BCUT2D eigenvalue weighted by Crippen LogP contribution is 2.47. The second-order valence-electron chi connectivity index (χ2n) is 4.85. The summed E-state index contributed by atoms with van der Waals surface area (Å²) in [5.74, 6) is 2.40. The predicted molar refractivity (Wildman–Crippen MR) is 58.7 cm³/mol. The molecule has 14 heavy (non-hydrogen) atoms. The fourth-order valence-corrected chi connectivity index (χ4v) is 3.22. The standard InChI is InChI=1S/C13H17N/c1-8-3-4-10-11(5-8)9(2)12-6-14-7-13(10)12/h3-5,9,12-14H,6-7H2,1-2H3/t9?,12-,13+/m0/s1. The number of benzene rings is 1. The van der Waals surface area contributed by atoms with Crippen LogP contribution in [0.25, 0.3) is 0 Å². The van der Waals surface area contributed by atoms with Gasteiger partial charge in [0.05, 0.1) is 0 Å². The molecule has 1 unspecified atom stereocenters. The van der Waals surface area contributed by atoms with E-state index in [0.29, 0.717) is 0 Å². The zero-order chi connectivity index (χ0) is 9.71. The van der Waals surface area contributed by atoms with Gasteiger partial charge in [0.1, 0.15) is 0 Å². The first-order valence-corrected chi connectivity index (χ1v) is 5.58. The molecule has 1 aromatic carbocycles. The number of nitrogens with one attached hydrogen (secondary N) is 1. The molecule has 0 aromatic heterocycles. The van der Waals surface area contributed by atoms with E-state index in [2.05, 4.69) is 37.4 Å². The van der Waals surface area contributed by atoms with Gasteiger partial charge in [0.15, 0.2) is 0 Å². The zero-order valence-corrected chi connectivity index (χ0v) is 8.88.